The molecule has 3 aliphatic rings. The second kappa shape index (κ2) is 10.8. The van der Waals surface area contributed by atoms with Crippen molar-refractivity contribution in [2.75, 3.05) is 26.2 Å². The molecule has 1 aromatic carbocycles. The highest BCUT2D eigenvalue weighted by Crippen LogP contribution is 2.43. The maximum Gasteiger partial charge on any atom is 0.222 e. The molecule has 1 saturated carbocycles. The van der Waals surface area contributed by atoms with E-state index in [4.69, 9.17) is 4.99 Å². The maximum atomic E-state index is 12.0. The van der Waals surface area contributed by atoms with Crippen LogP contribution in [0.5, 0.6) is 0 Å². The minimum Gasteiger partial charge on any atom is -0.357 e. The number of rotatable bonds is 5. The van der Waals surface area contributed by atoms with Crippen molar-refractivity contribution in [1.29, 1.82) is 0 Å². The van der Waals surface area contributed by atoms with Crippen molar-refractivity contribution in [2.24, 2.45) is 10.4 Å². The Kier molecular flexibility index (Phi) is 8.43. The van der Waals surface area contributed by atoms with Crippen LogP contribution < -0.4 is 5.32 Å². The highest BCUT2D eigenvalue weighted by atomic mass is 127. The van der Waals surface area contributed by atoms with E-state index in [1.54, 1.807) is 0 Å². The minimum absolute atomic E-state index is 0. The van der Waals surface area contributed by atoms with E-state index in [0.717, 1.165) is 38.6 Å². The Bertz CT molecular complexity index is 744. The van der Waals surface area contributed by atoms with E-state index in [-0.39, 0.29) is 29.9 Å². The van der Waals surface area contributed by atoms with Gasteiger partial charge in [0, 0.05) is 39.1 Å². The second-order valence-electron chi connectivity index (χ2n) is 9.09. The molecular weight excluding hydrogens is 487 g/mol. The average molecular weight is 524 g/mol. The van der Waals surface area contributed by atoms with Crippen LogP contribution in [0.2, 0.25) is 0 Å². The topological polar surface area (TPSA) is 47.9 Å². The zero-order valence-electron chi connectivity index (χ0n) is 18.4. The summed E-state index contributed by atoms with van der Waals surface area (Å²) in [5, 5.41) is 3.53. The van der Waals surface area contributed by atoms with E-state index in [1.807, 2.05) is 4.90 Å². The molecule has 1 aliphatic carbocycles. The van der Waals surface area contributed by atoms with Crippen molar-refractivity contribution in [1.82, 2.24) is 15.1 Å². The van der Waals surface area contributed by atoms with Crippen LogP contribution in [-0.2, 0) is 17.9 Å². The van der Waals surface area contributed by atoms with Gasteiger partial charge in [-0.15, -0.1) is 24.0 Å². The van der Waals surface area contributed by atoms with E-state index >= 15 is 0 Å². The van der Waals surface area contributed by atoms with Gasteiger partial charge in [0.25, 0.3) is 0 Å². The highest BCUT2D eigenvalue weighted by Gasteiger charge is 2.39. The number of amides is 1. The van der Waals surface area contributed by atoms with Crippen molar-refractivity contribution in [3.8, 4) is 0 Å². The Hall–Kier alpha value is -1.31. The molecule has 2 saturated heterocycles. The smallest absolute Gasteiger partial charge is 0.222 e. The summed E-state index contributed by atoms with van der Waals surface area (Å²) in [6, 6.07) is 8.47. The Morgan fingerprint density at radius 2 is 1.83 bits per heavy atom. The van der Waals surface area contributed by atoms with Crippen LogP contribution in [-0.4, -0.2) is 47.8 Å². The summed E-state index contributed by atoms with van der Waals surface area (Å²) >= 11 is 0. The van der Waals surface area contributed by atoms with E-state index in [2.05, 4.69) is 41.4 Å². The number of carbonyl (C=O) groups is 1. The fraction of sp³-hybridized carbons (Fsp3) is 0.667. The third kappa shape index (κ3) is 5.48. The molecular formula is C24H37IN4O. The number of aliphatic imine (C=N–C) groups is 1. The van der Waals surface area contributed by atoms with Gasteiger partial charge in [0.05, 0.1) is 6.54 Å². The molecule has 1 N–H and O–H groups in total. The number of halogens is 1. The van der Waals surface area contributed by atoms with Gasteiger partial charge < -0.3 is 15.1 Å². The first kappa shape index (κ1) is 23.4. The summed E-state index contributed by atoms with van der Waals surface area (Å²) in [5.74, 6) is 1.34. The second-order valence-corrected chi connectivity index (χ2v) is 9.09. The van der Waals surface area contributed by atoms with Crippen LogP contribution in [0.4, 0.5) is 0 Å². The molecule has 1 aromatic rings. The monoisotopic (exact) mass is 524 g/mol. The SMILES string of the molecule is CCNC(=NCc1ccccc1CN1CCCC1=O)N1CCC2(CCCCC2)C1.I. The van der Waals surface area contributed by atoms with Crippen LogP contribution in [0.25, 0.3) is 0 Å². The summed E-state index contributed by atoms with van der Waals surface area (Å²) in [4.78, 5) is 21.5. The molecule has 6 heteroatoms. The number of benzene rings is 1. The molecule has 5 nitrogen and oxygen atoms in total. The van der Waals surface area contributed by atoms with Gasteiger partial charge in [0.15, 0.2) is 5.96 Å². The van der Waals surface area contributed by atoms with Crippen molar-refractivity contribution in [3.63, 3.8) is 0 Å². The fourth-order valence-corrected chi connectivity index (χ4v) is 5.35. The Morgan fingerprint density at radius 1 is 1.07 bits per heavy atom. The van der Waals surface area contributed by atoms with Gasteiger partial charge in [0.2, 0.25) is 5.91 Å². The first-order chi connectivity index (χ1) is 14.2. The van der Waals surface area contributed by atoms with E-state index in [1.165, 1.54) is 49.7 Å². The van der Waals surface area contributed by atoms with Gasteiger partial charge in [-0.05, 0) is 49.1 Å². The number of hydrogen-bond donors (Lipinski definition) is 1. The number of likely N-dealkylation sites (tertiary alicyclic amines) is 2. The normalized spacial score (nSPS) is 21.2. The number of nitrogens with one attached hydrogen (secondary N) is 1. The molecule has 4 rings (SSSR count). The predicted molar refractivity (Wildman–Crippen MR) is 133 cm³/mol. The zero-order chi connectivity index (χ0) is 20.1. The predicted octanol–water partition coefficient (Wildman–Crippen LogP) is 4.55. The molecule has 3 fully saturated rings. The lowest BCUT2D eigenvalue weighted by Crippen LogP contribution is -2.41. The number of carbonyl (C=O) groups excluding carboxylic acids is 1. The van der Waals surface area contributed by atoms with Crippen molar-refractivity contribution in [2.45, 2.75) is 71.4 Å². The Morgan fingerprint density at radius 3 is 2.53 bits per heavy atom. The lowest BCUT2D eigenvalue weighted by molar-refractivity contribution is -0.128. The molecule has 0 radical (unpaired) electrons. The van der Waals surface area contributed by atoms with Crippen molar-refractivity contribution in [3.05, 3.63) is 35.4 Å². The van der Waals surface area contributed by atoms with Crippen molar-refractivity contribution < 1.29 is 4.79 Å². The summed E-state index contributed by atoms with van der Waals surface area (Å²) in [5.41, 5.74) is 2.99. The Balaban J connectivity index is 0.00000256. The maximum absolute atomic E-state index is 12.0. The Labute approximate surface area is 198 Å². The summed E-state index contributed by atoms with van der Waals surface area (Å²) in [7, 11) is 0. The molecule has 0 atom stereocenters. The van der Waals surface area contributed by atoms with Crippen LogP contribution in [0.1, 0.15) is 69.4 Å². The number of guanidine groups is 1. The molecule has 30 heavy (non-hydrogen) atoms. The van der Waals surface area contributed by atoms with Gasteiger partial charge in [-0.3, -0.25) is 4.79 Å². The number of hydrogen-bond acceptors (Lipinski definition) is 2. The molecule has 1 amide bonds. The van der Waals surface area contributed by atoms with Gasteiger partial charge >= 0.3 is 0 Å². The molecule has 166 valence electrons. The van der Waals surface area contributed by atoms with E-state index in [0.29, 0.717) is 24.9 Å². The van der Waals surface area contributed by atoms with Crippen LogP contribution in [0.3, 0.4) is 0 Å². The first-order valence-corrected chi connectivity index (χ1v) is 11.6. The van der Waals surface area contributed by atoms with E-state index in [9.17, 15) is 4.79 Å². The molecule has 0 aromatic heterocycles. The summed E-state index contributed by atoms with van der Waals surface area (Å²) < 4.78 is 0. The fourth-order valence-electron chi connectivity index (χ4n) is 5.35. The molecule has 2 aliphatic heterocycles. The molecule has 0 unspecified atom stereocenters. The third-order valence-electron chi connectivity index (χ3n) is 7.04. The summed E-state index contributed by atoms with van der Waals surface area (Å²) in [6.45, 7) is 7.59. The van der Waals surface area contributed by atoms with E-state index < -0.39 is 0 Å². The first-order valence-electron chi connectivity index (χ1n) is 11.6. The molecule has 1 spiro atoms. The van der Waals surface area contributed by atoms with Crippen LogP contribution in [0.15, 0.2) is 29.3 Å². The quantitative estimate of drug-likeness (QED) is 0.350. The third-order valence-corrected chi connectivity index (χ3v) is 7.04. The highest BCUT2D eigenvalue weighted by molar-refractivity contribution is 14.0. The van der Waals surface area contributed by atoms with Crippen LogP contribution in [0, 0.1) is 5.41 Å². The van der Waals surface area contributed by atoms with Gasteiger partial charge in [0.1, 0.15) is 0 Å². The lowest BCUT2D eigenvalue weighted by atomic mass is 9.73. The summed E-state index contributed by atoms with van der Waals surface area (Å²) in [6.07, 6.45) is 9.96. The van der Waals surface area contributed by atoms with Crippen molar-refractivity contribution >= 4 is 35.8 Å². The minimum atomic E-state index is 0. The largest absolute Gasteiger partial charge is 0.357 e. The van der Waals surface area contributed by atoms with Gasteiger partial charge in [-0.2, -0.15) is 0 Å². The lowest BCUT2D eigenvalue weighted by Gasteiger charge is -2.33. The number of nitrogens with zero attached hydrogens (tertiary/aromatic N) is 3. The van der Waals surface area contributed by atoms with Gasteiger partial charge in [-0.1, -0.05) is 43.5 Å². The molecule has 0 bridgehead atoms. The zero-order valence-corrected chi connectivity index (χ0v) is 20.7. The van der Waals surface area contributed by atoms with Gasteiger partial charge in [-0.25, -0.2) is 4.99 Å². The average Bonchev–Trinajstić information content (AvgIpc) is 3.33. The standard InChI is InChI=1S/C24H36N4O.HI/c1-2-25-23(28-16-14-24(19-28)12-6-3-7-13-24)26-17-20-9-4-5-10-21(20)18-27-15-8-11-22(27)29;/h4-5,9-10H,2-3,6-8,11-19H2,1H3,(H,25,26);1H. The van der Waals surface area contributed by atoms with Crippen LogP contribution >= 0.6 is 24.0 Å². The molecule has 2 heterocycles.